The van der Waals surface area contributed by atoms with E-state index in [1.54, 1.807) is 37.3 Å². The summed E-state index contributed by atoms with van der Waals surface area (Å²) >= 11 is 6.10. The van der Waals surface area contributed by atoms with Gasteiger partial charge in [0.1, 0.15) is 11.6 Å². The van der Waals surface area contributed by atoms with Crippen molar-refractivity contribution in [1.29, 1.82) is 0 Å². The number of amides is 1. The van der Waals surface area contributed by atoms with Crippen molar-refractivity contribution in [3.63, 3.8) is 0 Å². The van der Waals surface area contributed by atoms with Crippen LogP contribution in [0.1, 0.15) is 31.9 Å². The normalized spacial score (nSPS) is 20.7. The Morgan fingerprint density at radius 2 is 1.88 bits per heavy atom. The minimum Gasteiger partial charge on any atom is -0.483 e. The van der Waals surface area contributed by atoms with Crippen molar-refractivity contribution in [2.75, 3.05) is 26.3 Å². The molecular weight excluding hydrogens is 480 g/mol. The second-order valence-corrected chi connectivity index (χ2v) is 11.1. The lowest BCUT2D eigenvalue weighted by Gasteiger charge is -2.44. The number of carbonyl (C=O) groups is 1. The number of carbonyl (C=O) groups excluding carboxylic acids is 1. The third-order valence-corrected chi connectivity index (χ3v) is 7.56. The average molecular weight is 512 g/mol. The number of hydrogen-bond donors (Lipinski definition) is 1. The van der Waals surface area contributed by atoms with Crippen molar-refractivity contribution in [1.82, 2.24) is 9.80 Å². The van der Waals surface area contributed by atoms with Crippen molar-refractivity contribution in [2.45, 2.75) is 45.6 Å². The maximum atomic E-state index is 13.2. The molecule has 1 saturated heterocycles. The van der Waals surface area contributed by atoms with Crippen LogP contribution in [-0.2, 0) is 26.6 Å². The lowest BCUT2D eigenvalue weighted by Crippen LogP contribution is -2.58. The van der Waals surface area contributed by atoms with Gasteiger partial charge in [-0.3, -0.25) is 19.8 Å². The summed E-state index contributed by atoms with van der Waals surface area (Å²) in [7, 11) is -3.35. The Bertz CT molecular complexity index is 1040. The molecule has 3 rings (SSSR count). The van der Waals surface area contributed by atoms with Crippen LogP contribution in [0.25, 0.3) is 0 Å². The van der Waals surface area contributed by atoms with Crippen LogP contribution >= 0.6 is 19.1 Å². The molecule has 1 aliphatic heterocycles. The Kier molecular flexibility index (Phi) is 9.13. The maximum Gasteiger partial charge on any atom is 0.271 e. The molecule has 2 aromatic rings. The van der Waals surface area contributed by atoms with Gasteiger partial charge in [-0.1, -0.05) is 23.7 Å². The molecule has 1 heterocycles. The van der Waals surface area contributed by atoms with Crippen LogP contribution in [0.5, 0.6) is 5.75 Å². The molecular formula is C24H32ClFN3O4P. The quantitative estimate of drug-likeness (QED) is 0.493. The summed E-state index contributed by atoms with van der Waals surface area (Å²) in [5.41, 5.74) is 7.36. The molecule has 10 heteroatoms. The highest BCUT2D eigenvalue weighted by Crippen LogP contribution is 2.44. The zero-order chi connectivity index (χ0) is 24.9. The summed E-state index contributed by atoms with van der Waals surface area (Å²) in [4.78, 5) is 17.1. The largest absolute Gasteiger partial charge is 0.483 e. The number of hydrogen-bond acceptors (Lipinski definition) is 5. The van der Waals surface area contributed by atoms with E-state index in [1.807, 2.05) is 11.8 Å². The van der Waals surface area contributed by atoms with Crippen molar-refractivity contribution in [3.05, 3.63) is 64.4 Å². The third-order valence-electron chi connectivity index (χ3n) is 5.85. The number of piperazine rings is 1. The number of nitrogens with zero attached hydrogens (tertiary/aromatic N) is 2. The fraction of sp³-hybridized carbons (Fsp3) is 0.458. The molecule has 0 aliphatic carbocycles. The Hall–Kier alpha value is -1.96. The molecule has 1 unspecified atom stereocenters. The Morgan fingerprint density at radius 3 is 2.56 bits per heavy atom. The van der Waals surface area contributed by atoms with Crippen molar-refractivity contribution >= 4 is 25.0 Å². The van der Waals surface area contributed by atoms with Crippen LogP contribution in [-0.4, -0.2) is 54.1 Å². The maximum absolute atomic E-state index is 13.2. The molecule has 0 saturated carbocycles. The molecule has 0 bridgehead atoms. The first kappa shape index (κ1) is 26.6. The van der Waals surface area contributed by atoms with Gasteiger partial charge in [-0.25, -0.2) is 4.39 Å². The highest BCUT2D eigenvalue weighted by Gasteiger charge is 2.32. The molecule has 0 aromatic heterocycles. The van der Waals surface area contributed by atoms with Gasteiger partial charge in [0.15, 0.2) is 6.61 Å². The fourth-order valence-electron chi connectivity index (χ4n) is 4.13. The van der Waals surface area contributed by atoms with E-state index < -0.39 is 7.52 Å². The summed E-state index contributed by atoms with van der Waals surface area (Å²) in [6.07, 6.45) is -0.0412. The molecule has 1 amide bonds. The van der Waals surface area contributed by atoms with Crippen molar-refractivity contribution in [3.8, 4) is 5.75 Å². The van der Waals surface area contributed by atoms with Crippen molar-refractivity contribution in [2.24, 2.45) is 5.50 Å². The molecule has 7 nitrogen and oxygen atoms in total. The van der Waals surface area contributed by atoms with Gasteiger partial charge in [-0.15, -0.1) is 0 Å². The molecule has 186 valence electrons. The minimum absolute atomic E-state index is 0.0142. The predicted octanol–water partition coefficient (Wildman–Crippen LogP) is 4.67. The first-order valence-electron chi connectivity index (χ1n) is 11.3. The standard InChI is InChI=1S/C24H32ClFN3O4P/c1-4-33-34(27,31)16-20-11-21(25)7-10-23(20)32-15-24(30)29-13-17(2)28(12-18(29)3)14-19-5-8-22(26)9-6-19/h5-11,17-18H,4,12-16H2,1-3H3,(H2,27,31)/t17-,18+,34?/m0/s1. The van der Waals surface area contributed by atoms with Gasteiger partial charge >= 0.3 is 0 Å². The van der Waals surface area contributed by atoms with Gasteiger partial charge in [0, 0.05) is 42.3 Å². The lowest BCUT2D eigenvalue weighted by molar-refractivity contribution is -0.139. The topological polar surface area (TPSA) is 85.1 Å². The van der Waals surface area contributed by atoms with E-state index in [-0.39, 0.29) is 43.2 Å². The minimum atomic E-state index is -3.35. The fourth-order valence-corrected chi connectivity index (χ4v) is 5.57. The van der Waals surface area contributed by atoms with Gasteiger partial charge < -0.3 is 14.2 Å². The highest BCUT2D eigenvalue weighted by atomic mass is 35.5. The van der Waals surface area contributed by atoms with E-state index in [1.165, 1.54) is 12.1 Å². The van der Waals surface area contributed by atoms with Crippen molar-refractivity contribution < 1.29 is 23.0 Å². The van der Waals surface area contributed by atoms with Crippen LogP contribution in [0.3, 0.4) is 0 Å². The van der Waals surface area contributed by atoms with Gasteiger partial charge in [0.25, 0.3) is 13.4 Å². The predicted molar refractivity (Wildman–Crippen MR) is 132 cm³/mol. The molecule has 1 fully saturated rings. The van der Waals surface area contributed by atoms with E-state index >= 15 is 0 Å². The molecule has 0 radical (unpaired) electrons. The second-order valence-electron chi connectivity index (χ2n) is 8.64. The smallest absolute Gasteiger partial charge is 0.271 e. The molecule has 2 aromatic carbocycles. The summed E-state index contributed by atoms with van der Waals surface area (Å²) < 4.78 is 36.6. The van der Waals surface area contributed by atoms with Crippen LogP contribution in [0.15, 0.2) is 42.5 Å². The summed E-state index contributed by atoms with van der Waals surface area (Å²) in [6.45, 7) is 7.80. The van der Waals surface area contributed by atoms with E-state index in [0.717, 1.165) is 5.56 Å². The van der Waals surface area contributed by atoms with Crippen LogP contribution in [0.4, 0.5) is 4.39 Å². The van der Waals surface area contributed by atoms with E-state index in [2.05, 4.69) is 11.8 Å². The van der Waals surface area contributed by atoms with Crippen LogP contribution in [0.2, 0.25) is 5.02 Å². The molecule has 2 N–H and O–H groups in total. The first-order valence-corrected chi connectivity index (χ1v) is 13.5. The Balaban J connectivity index is 1.61. The highest BCUT2D eigenvalue weighted by molar-refractivity contribution is 7.55. The molecule has 0 spiro atoms. The SMILES string of the molecule is CCOP(N)(=O)Cc1cc(Cl)ccc1OCC(=O)N1C[C@H](C)N(Cc2ccc(F)cc2)C[C@H]1C. The average Bonchev–Trinajstić information content (AvgIpc) is 2.76. The second kappa shape index (κ2) is 11.6. The summed E-state index contributed by atoms with van der Waals surface area (Å²) in [5.74, 6) is 0.0118. The Labute approximate surface area is 205 Å². The molecule has 1 aliphatic rings. The van der Waals surface area contributed by atoms with Gasteiger partial charge in [-0.05, 0) is 56.7 Å². The molecule has 3 atom stereocenters. The Morgan fingerprint density at radius 1 is 1.18 bits per heavy atom. The van der Waals surface area contributed by atoms with Crippen LogP contribution < -0.4 is 10.2 Å². The number of nitrogens with two attached hydrogens (primary N) is 1. The zero-order valence-electron chi connectivity index (χ0n) is 19.7. The third kappa shape index (κ3) is 7.27. The van der Waals surface area contributed by atoms with Gasteiger partial charge in [-0.2, -0.15) is 0 Å². The van der Waals surface area contributed by atoms with E-state index in [0.29, 0.717) is 36.0 Å². The van der Waals surface area contributed by atoms with E-state index in [9.17, 15) is 13.8 Å². The zero-order valence-corrected chi connectivity index (χ0v) is 21.4. The lowest BCUT2D eigenvalue weighted by atomic mass is 10.1. The number of halogens is 2. The number of benzene rings is 2. The molecule has 34 heavy (non-hydrogen) atoms. The summed E-state index contributed by atoms with van der Waals surface area (Å²) in [5, 5.41) is 0.449. The van der Waals surface area contributed by atoms with Gasteiger partial charge in [0.2, 0.25) is 0 Å². The monoisotopic (exact) mass is 511 g/mol. The summed E-state index contributed by atoms with van der Waals surface area (Å²) in [6, 6.07) is 11.5. The number of rotatable bonds is 9. The van der Waals surface area contributed by atoms with Gasteiger partial charge in [0.05, 0.1) is 12.8 Å². The van der Waals surface area contributed by atoms with E-state index in [4.69, 9.17) is 26.4 Å². The van der Waals surface area contributed by atoms with Crippen LogP contribution in [0, 0.1) is 5.82 Å². The number of ether oxygens (including phenoxy) is 1. The first-order chi connectivity index (χ1) is 16.1.